The van der Waals surface area contributed by atoms with Crippen LogP contribution in [-0.2, 0) is 4.74 Å². The van der Waals surface area contributed by atoms with Crippen molar-refractivity contribution >= 4 is 51.8 Å². The van der Waals surface area contributed by atoms with Crippen molar-refractivity contribution in [3.05, 3.63) is 62.1 Å². The molecule has 11 heteroatoms. The van der Waals surface area contributed by atoms with E-state index in [0.29, 0.717) is 37.5 Å². The lowest BCUT2D eigenvalue weighted by atomic mass is 10.1. The number of hydrogen-bond donors (Lipinski definition) is 3. The molecule has 0 bridgehead atoms. The van der Waals surface area contributed by atoms with Crippen LogP contribution in [0.1, 0.15) is 38.3 Å². The van der Waals surface area contributed by atoms with Gasteiger partial charge in [-0.25, -0.2) is 5.43 Å². The minimum Gasteiger partial charge on any atom is -0.506 e. The summed E-state index contributed by atoms with van der Waals surface area (Å²) in [5.74, 6) is -0.515. The monoisotopic (exact) mass is 546 g/mol. The first-order valence-corrected chi connectivity index (χ1v) is 13.6. The fourth-order valence-electron chi connectivity index (χ4n) is 3.66. The van der Waals surface area contributed by atoms with Crippen LogP contribution in [0.5, 0.6) is 5.75 Å². The van der Waals surface area contributed by atoms with E-state index in [9.17, 15) is 14.7 Å². The Kier molecular flexibility index (Phi) is 9.11. The van der Waals surface area contributed by atoms with Gasteiger partial charge in [-0.1, -0.05) is 23.7 Å². The van der Waals surface area contributed by atoms with Gasteiger partial charge in [0.15, 0.2) is 0 Å². The van der Waals surface area contributed by atoms with Crippen LogP contribution in [0.3, 0.4) is 0 Å². The van der Waals surface area contributed by atoms with Crippen molar-refractivity contribution in [2.45, 2.75) is 13.3 Å². The van der Waals surface area contributed by atoms with Crippen molar-refractivity contribution in [3.8, 4) is 16.2 Å². The number of thiophene rings is 2. The lowest BCUT2D eigenvalue weighted by molar-refractivity contribution is 0.0374. The zero-order valence-electron chi connectivity index (χ0n) is 19.8. The molecular weight excluding hydrogens is 520 g/mol. The molecule has 4 rings (SSSR count). The van der Waals surface area contributed by atoms with E-state index in [2.05, 4.69) is 20.7 Å². The van der Waals surface area contributed by atoms with Crippen LogP contribution in [0.4, 0.5) is 0 Å². The summed E-state index contributed by atoms with van der Waals surface area (Å²) in [7, 11) is 0. The standard InChI is InChI=1S/C25H27ClN4O4S2/c1-16(19-15-35-23(22(19)31)17-3-5-18(26)6-4-17)28-29-25(33)21-8-7-20(36-21)24(32)27-9-2-10-30-11-13-34-14-12-30/h3-8,15,31H,2,9-14H2,1H3,(H,27,32)(H,29,33). The Morgan fingerprint density at radius 1 is 1.11 bits per heavy atom. The molecule has 3 aromatic rings. The third-order valence-corrected chi connectivity index (χ3v) is 8.03. The number of nitrogens with zero attached hydrogens (tertiary/aromatic N) is 2. The minimum absolute atomic E-state index is 0.0986. The molecule has 0 aliphatic carbocycles. The average molecular weight is 547 g/mol. The van der Waals surface area contributed by atoms with Gasteiger partial charge < -0.3 is 15.2 Å². The first-order chi connectivity index (χ1) is 17.4. The topological polar surface area (TPSA) is 103 Å². The summed E-state index contributed by atoms with van der Waals surface area (Å²) in [6.07, 6.45) is 0.855. The summed E-state index contributed by atoms with van der Waals surface area (Å²) < 4.78 is 5.34. The molecule has 0 atom stereocenters. The van der Waals surface area contributed by atoms with Crippen molar-refractivity contribution < 1.29 is 19.4 Å². The van der Waals surface area contributed by atoms with Crippen molar-refractivity contribution in [1.82, 2.24) is 15.6 Å². The third kappa shape index (κ3) is 6.71. The predicted octanol–water partition coefficient (Wildman–Crippen LogP) is 4.44. The SMILES string of the molecule is CC(=NNC(=O)c1ccc(C(=O)NCCCN2CCOCC2)s1)c1csc(-c2ccc(Cl)cc2)c1O. The second-order valence-electron chi connectivity index (χ2n) is 8.20. The fourth-order valence-corrected chi connectivity index (χ4v) is 5.61. The van der Waals surface area contributed by atoms with E-state index in [1.54, 1.807) is 36.6 Å². The van der Waals surface area contributed by atoms with Gasteiger partial charge in [0.25, 0.3) is 11.8 Å². The number of carbonyl (C=O) groups is 2. The maximum atomic E-state index is 12.6. The molecule has 2 amide bonds. The number of ether oxygens (including phenoxy) is 1. The highest BCUT2D eigenvalue weighted by Gasteiger charge is 2.17. The molecule has 1 aliphatic rings. The molecule has 3 heterocycles. The van der Waals surface area contributed by atoms with E-state index in [-0.39, 0.29) is 11.7 Å². The Morgan fingerprint density at radius 3 is 2.53 bits per heavy atom. The number of halogens is 1. The first-order valence-electron chi connectivity index (χ1n) is 11.5. The lowest BCUT2D eigenvalue weighted by Gasteiger charge is -2.26. The van der Waals surface area contributed by atoms with E-state index in [0.717, 1.165) is 56.2 Å². The summed E-state index contributed by atoms with van der Waals surface area (Å²) >= 11 is 8.43. The van der Waals surface area contributed by atoms with Gasteiger partial charge in [0, 0.05) is 30.0 Å². The van der Waals surface area contributed by atoms with Crippen molar-refractivity contribution in [3.63, 3.8) is 0 Å². The summed E-state index contributed by atoms with van der Waals surface area (Å²) in [5.41, 5.74) is 4.35. The van der Waals surface area contributed by atoms with Crippen LogP contribution in [0.25, 0.3) is 10.4 Å². The Bertz CT molecular complexity index is 1230. The number of rotatable bonds is 9. The van der Waals surface area contributed by atoms with Crippen molar-refractivity contribution in [1.29, 1.82) is 0 Å². The average Bonchev–Trinajstić information content (AvgIpc) is 3.54. The summed E-state index contributed by atoms with van der Waals surface area (Å²) in [6.45, 7) is 6.56. The van der Waals surface area contributed by atoms with Crippen LogP contribution in [0, 0.1) is 0 Å². The second kappa shape index (κ2) is 12.5. The van der Waals surface area contributed by atoms with Gasteiger partial charge in [-0.15, -0.1) is 22.7 Å². The number of hydrogen-bond acceptors (Lipinski definition) is 8. The minimum atomic E-state index is -0.418. The molecule has 1 fully saturated rings. The van der Waals surface area contributed by atoms with Crippen LogP contribution in [0.15, 0.2) is 46.9 Å². The van der Waals surface area contributed by atoms with Crippen LogP contribution < -0.4 is 10.7 Å². The summed E-state index contributed by atoms with van der Waals surface area (Å²) in [5, 5.41) is 20.1. The second-order valence-corrected chi connectivity index (χ2v) is 10.6. The maximum absolute atomic E-state index is 12.6. The molecule has 1 saturated heterocycles. The quantitative estimate of drug-likeness (QED) is 0.209. The zero-order chi connectivity index (χ0) is 25.5. The highest BCUT2D eigenvalue weighted by Crippen LogP contribution is 2.39. The number of morpholine rings is 1. The smallest absolute Gasteiger partial charge is 0.281 e. The molecular formula is C25H27ClN4O4S2. The highest BCUT2D eigenvalue weighted by molar-refractivity contribution is 7.16. The van der Waals surface area contributed by atoms with E-state index < -0.39 is 5.91 Å². The Morgan fingerprint density at radius 2 is 1.81 bits per heavy atom. The van der Waals surface area contributed by atoms with Crippen molar-refractivity contribution in [2.24, 2.45) is 5.10 Å². The number of carbonyl (C=O) groups excluding carboxylic acids is 2. The van der Waals surface area contributed by atoms with Crippen LogP contribution in [-0.4, -0.2) is 66.9 Å². The number of nitrogens with one attached hydrogen (secondary N) is 2. The Labute approximate surface area is 222 Å². The largest absolute Gasteiger partial charge is 0.506 e. The highest BCUT2D eigenvalue weighted by atomic mass is 35.5. The normalized spacial score (nSPS) is 14.6. The third-order valence-electron chi connectivity index (χ3n) is 5.68. The fraction of sp³-hybridized carbons (Fsp3) is 0.320. The number of benzene rings is 1. The first kappa shape index (κ1) is 26.3. The molecule has 3 N–H and O–H groups in total. The van der Waals surface area contributed by atoms with E-state index in [1.165, 1.54) is 11.3 Å². The molecule has 0 radical (unpaired) electrons. The molecule has 1 aromatic carbocycles. The van der Waals surface area contributed by atoms with Gasteiger partial charge in [-0.05, 0) is 49.7 Å². The molecule has 0 saturated carbocycles. The summed E-state index contributed by atoms with van der Waals surface area (Å²) in [6, 6.07) is 10.4. The van der Waals surface area contributed by atoms with Gasteiger partial charge in [0.1, 0.15) is 5.75 Å². The zero-order valence-corrected chi connectivity index (χ0v) is 22.1. The molecule has 2 aromatic heterocycles. The number of amides is 2. The Balaban J connectivity index is 1.29. The van der Waals surface area contributed by atoms with Gasteiger partial charge in [0.05, 0.1) is 39.1 Å². The van der Waals surface area contributed by atoms with E-state index >= 15 is 0 Å². The number of hydrazone groups is 1. The van der Waals surface area contributed by atoms with Gasteiger partial charge in [-0.2, -0.15) is 5.10 Å². The maximum Gasteiger partial charge on any atom is 0.281 e. The summed E-state index contributed by atoms with van der Waals surface area (Å²) in [4.78, 5) is 28.9. The lowest BCUT2D eigenvalue weighted by Crippen LogP contribution is -2.38. The van der Waals surface area contributed by atoms with Crippen LogP contribution in [0.2, 0.25) is 5.02 Å². The van der Waals surface area contributed by atoms with E-state index in [4.69, 9.17) is 16.3 Å². The van der Waals surface area contributed by atoms with Gasteiger partial charge in [0.2, 0.25) is 0 Å². The van der Waals surface area contributed by atoms with Gasteiger partial charge >= 0.3 is 0 Å². The molecule has 1 aliphatic heterocycles. The molecule has 36 heavy (non-hydrogen) atoms. The van der Waals surface area contributed by atoms with E-state index in [1.807, 2.05) is 12.1 Å². The predicted molar refractivity (Wildman–Crippen MR) is 145 cm³/mol. The molecule has 8 nitrogen and oxygen atoms in total. The van der Waals surface area contributed by atoms with Crippen LogP contribution >= 0.6 is 34.3 Å². The molecule has 0 spiro atoms. The molecule has 0 unspecified atom stereocenters. The number of aromatic hydroxyl groups is 1. The Hall–Kier alpha value is -2.76. The van der Waals surface area contributed by atoms with Gasteiger partial charge in [-0.3, -0.25) is 14.5 Å². The van der Waals surface area contributed by atoms with Crippen molar-refractivity contribution in [2.75, 3.05) is 39.4 Å². The molecule has 190 valence electrons.